The van der Waals surface area contributed by atoms with Crippen molar-refractivity contribution < 1.29 is 19.1 Å². The first-order valence-electron chi connectivity index (χ1n) is 10.4. The van der Waals surface area contributed by atoms with Gasteiger partial charge in [0.05, 0.1) is 5.69 Å². The lowest BCUT2D eigenvalue weighted by molar-refractivity contribution is -0.137. The Morgan fingerprint density at radius 3 is 2.55 bits per heavy atom. The lowest BCUT2D eigenvalue weighted by atomic mass is 10.1. The van der Waals surface area contributed by atoms with Crippen LogP contribution in [-0.4, -0.2) is 33.7 Å². The minimum atomic E-state index is -0.638. The van der Waals surface area contributed by atoms with Gasteiger partial charge in [0.25, 0.3) is 5.91 Å². The van der Waals surface area contributed by atoms with Crippen LogP contribution < -0.4 is 10.3 Å². The van der Waals surface area contributed by atoms with Crippen LogP contribution in [0, 0.1) is 0 Å². The number of hydrogen-bond donors (Lipinski definition) is 1. The summed E-state index contributed by atoms with van der Waals surface area (Å²) in [6.45, 7) is 1.91. The Morgan fingerprint density at radius 1 is 1.06 bits per heavy atom. The third-order valence-electron chi connectivity index (χ3n) is 4.88. The molecule has 0 unspecified atom stereocenters. The number of aromatic nitrogens is 2. The lowest BCUT2D eigenvalue weighted by Crippen LogP contribution is -2.34. The van der Waals surface area contributed by atoms with Gasteiger partial charge in [0.15, 0.2) is 5.01 Å². The molecule has 0 saturated heterocycles. The predicted octanol–water partition coefficient (Wildman–Crippen LogP) is 3.58. The topological polar surface area (TPSA) is 114 Å². The number of carbonyl (C=O) groups is 3. The number of carbonyl (C=O) groups excluding carboxylic acids is 3. The molecule has 0 radical (unpaired) electrons. The first-order chi connectivity index (χ1) is 16.0. The van der Waals surface area contributed by atoms with Gasteiger partial charge in [-0.1, -0.05) is 48.6 Å². The highest BCUT2D eigenvalue weighted by Gasteiger charge is 2.26. The van der Waals surface area contributed by atoms with Crippen LogP contribution in [-0.2, 0) is 27.4 Å². The first-order valence-corrected chi connectivity index (χ1v) is 11.2. The number of ether oxygens (including phenoxy) is 1. The fourth-order valence-corrected chi connectivity index (χ4v) is 3.74. The zero-order valence-electron chi connectivity index (χ0n) is 17.9. The van der Waals surface area contributed by atoms with Crippen LogP contribution in [0.15, 0.2) is 59.7 Å². The summed E-state index contributed by atoms with van der Waals surface area (Å²) in [5.41, 5.74) is 2.56. The normalized spacial score (nSPS) is 13.4. The van der Waals surface area contributed by atoms with Gasteiger partial charge in [0.1, 0.15) is 12.3 Å². The number of benzene rings is 2. The van der Waals surface area contributed by atoms with Gasteiger partial charge in [-0.3, -0.25) is 9.59 Å². The molecule has 1 aliphatic heterocycles. The summed E-state index contributed by atoms with van der Waals surface area (Å²) >= 11 is 1.04. The van der Waals surface area contributed by atoms with Gasteiger partial charge in [-0.25, -0.2) is 9.80 Å². The van der Waals surface area contributed by atoms with Crippen LogP contribution in [0.1, 0.15) is 40.1 Å². The molecule has 2 amide bonds. The number of esters is 1. The molecule has 0 atom stereocenters. The highest BCUT2D eigenvalue weighted by Crippen LogP contribution is 2.20. The molecule has 10 heteroatoms. The Bertz CT molecular complexity index is 1190. The third-order valence-corrected chi connectivity index (χ3v) is 5.77. The summed E-state index contributed by atoms with van der Waals surface area (Å²) < 4.78 is 5.29. The van der Waals surface area contributed by atoms with E-state index in [1.807, 2.05) is 30.3 Å². The van der Waals surface area contributed by atoms with Crippen molar-refractivity contribution in [2.45, 2.75) is 32.8 Å². The predicted molar refractivity (Wildman–Crippen MR) is 124 cm³/mol. The largest absolute Gasteiger partial charge is 0.454 e. The molecule has 0 spiro atoms. The molecule has 0 aliphatic carbocycles. The van der Waals surface area contributed by atoms with Crippen molar-refractivity contribution in [3.8, 4) is 0 Å². The first kappa shape index (κ1) is 22.3. The van der Waals surface area contributed by atoms with Crippen molar-refractivity contribution in [3.05, 3.63) is 70.2 Å². The maximum Gasteiger partial charge on any atom is 0.354 e. The lowest BCUT2D eigenvalue weighted by Gasteiger charge is -2.22. The van der Waals surface area contributed by atoms with Crippen LogP contribution in [0.25, 0.3) is 0 Å². The van der Waals surface area contributed by atoms with E-state index in [0.29, 0.717) is 16.4 Å². The number of rotatable bonds is 7. The van der Waals surface area contributed by atoms with Crippen molar-refractivity contribution in [2.24, 2.45) is 5.10 Å². The van der Waals surface area contributed by atoms with E-state index in [9.17, 15) is 14.4 Å². The van der Waals surface area contributed by atoms with Crippen molar-refractivity contribution in [1.82, 2.24) is 10.2 Å². The molecule has 1 aromatic heterocycles. The minimum Gasteiger partial charge on any atom is -0.454 e. The molecule has 0 bridgehead atoms. The molecule has 1 N–H and O–H groups in total. The molecule has 3 aromatic rings. The smallest absolute Gasteiger partial charge is 0.354 e. The summed E-state index contributed by atoms with van der Waals surface area (Å²) in [6, 6.07) is 16.4. The average Bonchev–Trinajstić information content (AvgIpc) is 3.33. The van der Waals surface area contributed by atoms with Crippen molar-refractivity contribution in [2.75, 3.05) is 10.3 Å². The number of hydrazone groups is 1. The Labute approximate surface area is 194 Å². The number of amides is 2. The van der Waals surface area contributed by atoms with Gasteiger partial charge in [-0.2, -0.15) is 5.10 Å². The van der Waals surface area contributed by atoms with Gasteiger partial charge in [-0.15, -0.1) is 10.2 Å². The van der Waals surface area contributed by atoms with E-state index in [2.05, 4.69) is 27.5 Å². The number of aryl methyl sites for hydroxylation is 1. The molecule has 168 valence electrons. The molecule has 2 heterocycles. The minimum absolute atomic E-state index is 0.146. The van der Waals surface area contributed by atoms with Crippen LogP contribution in [0.3, 0.4) is 0 Å². The van der Waals surface area contributed by atoms with Crippen molar-refractivity contribution in [3.63, 3.8) is 0 Å². The molecule has 0 fully saturated rings. The van der Waals surface area contributed by atoms with E-state index in [0.717, 1.165) is 17.8 Å². The van der Waals surface area contributed by atoms with E-state index in [1.165, 1.54) is 10.6 Å². The maximum absolute atomic E-state index is 12.5. The molecular formula is C23H21N5O4S. The van der Waals surface area contributed by atoms with Crippen molar-refractivity contribution in [1.29, 1.82) is 0 Å². The number of nitrogens with zero attached hydrogens (tertiary/aromatic N) is 4. The second-order valence-corrected chi connectivity index (χ2v) is 8.23. The monoisotopic (exact) mass is 463 g/mol. The van der Waals surface area contributed by atoms with Gasteiger partial charge < -0.3 is 10.1 Å². The number of anilines is 2. The zero-order valence-corrected chi connectivity index (χ0v) is 18.7. The van der Waals surface area contributed by atoms with Gasteiger partial charge in [-0.05, 0) is 36.2 Å². The standard InChI is InChI=1S/C23H21N5O4S/c1-2-15-8-10-16(11-9-15)24-21(30)22-26-25-19(33-22)14-32-23(31)18-12-13-20(29)28(27-18)17-6-4-3-5-7-17/h3-11H,2,12-14H2,1H3,(H,24,30). The molecule has 4 rings (SSSR count). The van der Waals surface area contributed by atoms with Crippen LogP contribution >= 0.6 is 11.3 Å². The summed E-state index contributed by atoms with van der Waals surface area (Å²) in [7, 11) is 0. The summed E-state index contributed by atoms with van der Waals surface area (Å²) in [5.74, 6) is -1.22. The Morgan fingerprint density at radius 2 is 1.82 bits per heavy atom. The maximum atomic E-state index is 12.5. The van der Waals surface area contributed by atoms with E-state index < -0.39 is 5.97 Å². The summed E-state index contributed by atoms with van der Waals surface area (Å²) in [6.07, 6.45) is 1.27. The Kier molecular flexibility index (Phi) is 6.84. The van der Waals surface area contributed by atoms with Gasteiger partial charge in [0.2, 0.25) is 10.9 Å². The quantitative estimate of drug-likeness (QED) is 0.536. The molecule has 33 heavy (non-hydrogen) atoms. The summed E-state index contributed by atoms with van der Waals surface area (Å²) in [5, 5.41) is 16.5. The van der Waals surface area contributed by atoms with Crippen molar-refractivity contribution >= 4 is 46.2 Å². The highest BCUT2D eigenvalue weighted by molar-refractivity contribution is 7.13. The van der Waals surface area contributed by atoms with E-state index >= 15 is 0 Å². The highest BCUT2D eigenvalue weighted by atomic mass is 32.1. The second kappa shape index (κ2) is 10.1. The fourth-order valence-electron chi connectivity index (χ4n) is 3.09. The average molecular weight is 464 g/mol. The Balaban J connectivity index is 1.35. The third kappa shape index (κ3) is 5.47. The van der Waals surface area contributed by atoms with Gasteiger partial charge >= 0.3 is 5.97 Å². The van der Waals surface area contributed by atoms with E-state index in [-0.39, 0.29) is 42.0 Å². The fraction of sp³-hybridized carbons (Fsp3) is 0.217. The van der Waals surface area contributed by atoms with E-state index in [1.54, 1.807) is 24.3 Å². The molecule has 9 nitrogen and oxygen atoms in total. The molecular weight excluding hydrogens is 442 g/mol. The molecule has 2 aromatic carbocycles. The zero-order chi connectivity index (χ0) is 23.2. The van der Waals surface area contributed by atoms with E-state index in [4.69, 9.17) is 4.74 Å². The van der Waals surface area contributed by atoms with Gasteiger partial charge in [0, 0.05) is 18.5 Å². The summed E-state index contributed by atoms with van der Waals surface area (Å²) in [4.78, 5) is 37.1. The second-order valence-electron chi connectivity index (χ2n) is 7.17. The molecule has 0 saturated carbocycles. The SMILES string of the molecule is CCc1ccc(NC(=O)c2nnc(COC(=O)C3=NN(c4ccccc4)C(=O)CC3)s2)cc1. The Hall–Kier alpha value is -3.92. The number of nitrogens with one attached hydrogen (secondary N) is 1. The van der Waals surface area contributed by atoms with Crippen LogP contribution in [0.5, 0.6) is 0 Å². The number of hydrogen-bond acceptors (Lipinski definition) is 8. The van der Waals surface area contributed by atoms with Crippen LogP contribution in [0.4, 0.5) is 11.4 Å². The number of para-hydroxylation sites is 1. The van der Waals surface area contributed by atoms with Crippen LogP contribution in [0.2, 0.25) is 0 Å². The molecule has 1 aliphatic rings.